The molecule has 0 aliphatic heterocycles. The van der Waals surface area contributed by atoms with Crippen molar-refractivity contribution in [2.75, 3.05) is 0 Å². The molecule has 0 aliphatic carbocycles. The van der Waals surface area contributed by atoms with Crippen molar-refractivity contribution < 1.29 is 18.8 Å². The van der Waals surface area contributed by atoms with Crippen molar-refractivity contribution in [2.24, 2.45) is 0 Å². The minimum atomic E-state index is -2.07. The van der Waals surface area contributed by atoms with E-state index in [0.29, 0.717) is 12.8 Å². The molecule has 0 aromatic rings. The molecule has 4 nitrogen and oxygen atoms in total. The van der Waals surface area contributed by atoms with Crippen LogP contribution in [-0.4, -0.2) is 32.3 Å². The topological polar surface area (TPSA) is 52.6 Å². The Kier molecular flexibility index (Phi) is 6.62. The molecule has 0 rings (SSSR count). The van der Waals surface area contributed by atoms with E-state index in [9.17, 15) is 9.59 Å². The third kappa shape index (κ3) is 6.66. The second kappa shape index (κ2) is 6.85. The van der Waals surface area contributed by atoms with Gasteiger partial charge in [-0.15, -0.1) is 0 Å². The zero-order valence-electron chi connectivity index (χ0n) is 14.2. The summed E-state index contributed by atoms with van der Waals surface area (Å²) in [4.78, 5) is 22.8. The summed E-state index contributed by atoms with van der Waals surface area (Å²) in [5, 5.41) is 0.00837. The van der Waals surface area contributed by atoms with E-state index in [1.165, 1.54) is 0 Å². The summed E-state index contributed by atoms with van der Waals surface area (Å²) in [6.45, 7) is 16.0. The second-order valence-corrected chi connectivity index (χ2v) is 12.4. The van der Waals surface area contributed by atoms with E-state index in [1.54, 1.807) is 0 Å². The normalized spacial score (nSPS) is 14.8. The lowest BCUT2D eigenvalue weighted by Gasteiger charge is -2.39. The Labute approximate surface area is 124 Å². The van der Waals surface area contributed by atoms with Crippen molar-refractivity contribution >= 4 is 20.6 Å². The first-order valence-electron chi connectivity index (χ1n) is 7.14. The van der Waals surface area contributed by atoms with Gasteiger partial charge in [-0.25, -0.2) is 4.79 Å². The van der Waals surface area contributed by atoms with E-state index in [1.807, 2.05) is 20.8 Å². The number of carbonyl (C=O) groups excluding carboxylic acids is 2. The fourth-order valence-corrected chi connectivity index (χ4v) is 2.62. The van der Waals surface area contributed by atoms with Crippen LogP contribution in [0.15, 0.2) is 0 Å². The van der Waals surface area contributed by atoms with Crippen molar-refractivity contribution in [1.29, 1.82) is 0 Å². The highest BCUT2D eigenvalue weighted by Gasteiger charge is 2.41. The predicted octanol–water partition coefficient (Wildman–Crippen LogP) is 3.70. The number of hydrogen-bond donors (Lipinski definition) is 0. The Morgan fingerprint density at radius 3 is 2.00 bits per heavy atom. The lowest BCUT2D eigenvalue weighted by molar-refractivity contribution is -0.164. The molecule has 1 atom stereocenters. The van der Waals surface area contributed by atoms with Crippen molar-refractivity contribution in [1.82, 2.24) is 0 Å². The number of carbonyl (C=O) groups is 2. The molecule has 0 aromatic carbocycles. The van der Waals surface area contributed by atoms with E-state index >= 15 is 0 Å². The number of ether oxygens (including phenoxy) is 1. The van der Waals surface area contributed by atoms with Crippen LogP contribution in [0.3, 0.4) is 0 Å². The molecule has 0 radical (unpaired) electrons. The molecule has 0 aliphatic rings. The van der Waals surface area contributed by atoms with Gasteiger partial charge in [0.25, 0.3) is 0 Å². The van der Waals surface area contributed by atoms with Crippen molar-refractivity contribution in [3.05, 3.63) is 0 Å². The first-order chi connectivity index (χ1) is 8.80. The molecule has 0 saturated heterocycles. The highest BCUT2D eigenvalue weighted by atomic mass is 28.4. The summed E-state index contributed by atoms with van der Waals surface area (Å²) in [5.41, 5.74) is -0.548. The molecule has 5 heteroatoms. The van der Waals surface area contributed by atoms with Crippen molar-refractivity contribution in [2.45, 2.75) is 84.2 Å². The monoisotopic (exact) mass is 302 g/mol. The van der Waals surface area contributed by atoms with E-state index < -0.39 is 20.0 Å². The van der Waals surface area contributed by atoms with Crippen molar-refractivity contribution in [3.63, 3.8) is 0 Å². The van der Waals surface area contributed by atoms with Crippen LogP contribution in [0.1, 0.15) is 54.4 Å². The molecule has 0 saturated carbocycles. The third-order valence-electron chi connectivity index (χ3n) is 3.46. The molecule has 0 N–H and O–H groups in total. The number of rotatable bonds is 6. The first-order valence-corrected chi connectivity index (χ1v) is 10.1. The maximum atomic E-state index is 12.2. The Morgan fingerprint density at radius 2 is 1.65 bits per heavy atom. The predicted molar refractivity (Wildman–Crippen MR) is 83.2 cm³/mol. The second-order valence-electron chi connectivity index (χ2n) is 7.64. The highest BCUT2D eigenvalue weighted by molar-refractivity contribution is 6.74. The van der Waals surface area contributed by atoms with Gasteiger partial charge in [-0.1, -0.05) is 20.8 Å². The zero-order chi connectivity index (χ0) is 16.2. The Morgan fingerprint density at radius 1 is 1.15 bits per heavy atom. The molecule has 0 spiro atoms. The number of hydrogen-bond acceptors (Lipinski definition) is 4. The molecule has 0 aromatic heterocycles. The molecule has 0 bridgehead atoms. The molecule has 0 heterocycles. The van der Waals surface area contributed by atoms with Gasteiger partial charge in [0.15, 0.2) is 8.32 Å². The average molecular weight is 302 g/mol. The highest BCUT2D eigenvalue weighted by Crippen LogP contribution is 2.38. The van der Waals surface area contributed by atoms with Crippen LogP contribution in [0, 0.1) is 0 Å². The zero-order valence-corrected chi connectivity index (χ0v) is 15.2. The number of aldehydes is 1. The quantitative estimate of drug-likeness (QED) is 0.426. The molecule has 20 heavy (non-hydrogen) atoms. The molecule has 118 valence electrons. The molecular formula is C15H30O4Si. The van der Waals surface area contributed by atoms with Crippen LogP contribution >= 0.6 is 0 Å². The van der Waals surface area contributed by atoms with Crippen LogP contribution in [0.25, 0.3) is 0 Å². The van der Waals surface area contributed by atoms with Gasteiger partial charge in [-0.2, -0.15) is 0 Å². The van der Waals surface area contributed by atoms with Gasteiger partial charge in [-0.3, -0.25) is 0 Å². The van der Waals surface area contributed by atoms with E-state index in [2.05, 4.69) is 33.9 Å². The van der Waals surface area contributed by atoms with Crippen LogP contribution in [0.5, 0.6) is 0 Å². The standard InChI is InChI=1S/C15H30O4Si/c1-14(2,3)18-13(17)12(10-9-11-16)19-20(7,8)15(4,5)6/h11-12H,9-10H2,1-8H3/t12-/m1/s1. The summed E-state index contributed by atoms with van der Waals surface area (Å²) >= 11 is 0. The minimum absolute atomic E-state index is 0.00837. The molecule has 0 unspecified atom stereocenters. The fourth-order valence-electron chi connectivity index (χ4n) is 1.34. The smallest absolute Gasteiger partial charge is 0.334 e. The van der Waals surface area contributed by atoms with E-state index in [-0.39, 0.29) is 11.0 Å². The molecule has 0 amide bonds. The average Bonchev–Trinajstić information content (AvgIpc) is 2.19. The van der Waals surface area contributed by atoms with E-state index in [4.69, 9.17) is 9.16 Å². The van der Waals surface area contributed by atoms with Gasteiger partial charge in [0.2, 0.25) is 0 Å². The Balaban J connectivity index is 4.98. The largest absolute Gasteiger partial charge is 0.458 e. The summed E-state index contributed by atoms with van der Waals surface area (Å²) < 4.78 is 11.5. The van der Waals surface area contributed by atoms with Gasteiger partial charge in [0.05, 0.1) is 0 Å². The van der Waals surface area contributed by atoms with Gasteiger partial charge < -0.3 is 14.0 Å². The summed E-state index contributed by atoms with van der Waals surface area (Å²) in [6, 6.07) is 0. The lowest BCUT2D eigenvalue weighted by atomic mass is 10.1. The maximum absolute atomic E-state index is 12.2. The van der Waals surface area contributed by atoms with Gasteiger partial charge >= 0.3 is 5.97 Å². The van der Waals surface area contributed by atoms with Crippen LogP contribution in [0.2, 0.25) is 18.1 Å². The van der Waals surface area contributed by atoms with E-state index in [0.717, 1.165) is 6.29 Å². The SMILES string of the molecule is CC(C)(C)OC(=O)[C@@H](CCC=O)O[Si](C)(C)C(C)(C)C. The van der Waals surface area contributed by atoms with Crippen molar-refractivity contribution in [3.8, 4) is 0 Å². The minimum Gasteiger partial charge on any atom is -0.458 e. The Bertz CT molecular complexity index is 337. The fraction of sp³-hybridized carbons (Fsp3) is 0.867. The van der Waals surface area contributed by atoms with Crippen LogP contribution < -0.4 is 0 Å². The lowest BCUT2D eigenvalue weighted by Crippen LogP contribution is -2.47. The Hall–Kier alpha value is -0.683. The van der Waals surface area contributed by atoms with Gasteiger partial charge in [0.1, 0.15) is 18.0 Å². The van der Waals surface area contributed by atoms with Gasteiger partial charge in [-0.05, 0) is 45.3 Å². The van der Waals surface area contributed by atoms with Crippen LogP contribution in [0.4, 0.5) is 0 Å². The number of esters is 1. The summed E-state index contributed by atoms with van der Waals surface area (Å²) in [7, 11) is -2.07. The maximum Gasteiger partial charge on any atom is 0.334 e. The first kappa shape index (κ1) is 19.3. The van der Waals surface area contributed by atoms with Crippen LogP contribution in [-0.2, 0) is 18.8 Å². The molecular weight excluding hydrogens is 272 g/mol. The summed E-state index contributed by atoms with van der Waals surface area (Å²) in [6.07, 6.45) is 0.843. The molecule has 0 fully saturated rings. The van der Waals surface area contributed by atoms with Gasteiger partial charge in [0, 0.05) is 6.42 Å². The summed E-state index contributed by atoms with van der Waals surface area (Å²) in [5.74, 6) is -0.371. The third-order valence-corrected chi connectivity index (χ3v) is 7.95.